The smallest absolute Gasteiger partial charge is 0.373 e. The number of hydrogen-bond donors (Lipinski definition) is 0. The molecule has 5 heteroatoms. The highest BCUT2D eigenvalue weighted by molar-refractivity contribution is 5.92. The zero-order chi connectivity index (χ0) is 16.8. The van der Waals surface area contributed by atoms with Gasteiger partial charge in [-0.25, -0.2) is 4.79 Å². The maximum Gasteiger partial charge on any atom is 0.373 e. The van der Waals surface area contributed by atoms with Crippen LogP contribution in [0.2, 0.25) is 0 Å². The minimum Gasteiger partial charge on any atom is -0.497 e. The summed E-state index contributed by atoms with van der Waals surface area (Å²) < 4.78 is 15.0. The second kappa shape index (κ2) is 7.81. The summed E-state index contributed by atoms with van der Waals surface area (Å²) in [6.07, 6.45) is 4.33. The summed E-state index contributed by atoms with van der Waals surface area (Å²) in [7, 11) is 2.87. The van der Waals surface area contributed by atoms with Crippen LogP contribution in [0.4, 0.5) is 0 Å². The van der Waals surface area contributed by atoms with Crippen LogP contribution in [0.1, 0.15) is 37.7 Å². The fourth-order valence-electron chi connectivity index (χ4n) is 2.73. The van der Waals surface area contributed by atoms with Crippen molar-refractivity contribution in [1.29, 1.82) is 0 Å². The summed E-state index contributed by atoms with van der Waals surface area (Å²) in [4.78, 5) is 24.1. The minimum absolute atomic E-state index is 0.0360. The van der Waals surface area contributed by atoms with E-state index in [1.165, 1.54) is 7.11 Å². The van der Waals surface area contributed by atoms with E-state index in [9.17, 15) is 9.59 Å². The Labute approximate surface area is 136 Å². The quantitative estimate of drug-likeness (QED) is 0.754. The van der Waals surface area contributed by atoms with Crippen LogP contribution < -0.4 is 4.74 Å². The van der Waals surface area contributed by atoms with Crippen LogP contribution in [-0.2, 0) is 19.1 Å². The van der Waals surface area contributed by atoms with E-state index < -0.39 is 5.97 Å². The molecule has 1 aromatic carbocycles. The van der Waals surface area contributed by atoms with Crippen molar-refractivity contribution in [2.24, 2.45) is 5.92 Å². The molecule has 0 amide bonds. The number of benzene rings is 1. The Morgan fingerprint density at radius 1 is 1.22 bits per heavy atom. The van der Waals surface area contributed by atoms with E-state index in [0.717, 1.165) is 30.6 Å². The first-order valence-electron chi connectivity index (χ1n) is 7.76. The van der Waals surface area contributed by atoms with E-state index in [-0.39, 0.29) is 23.6 Å². The van der Waals surface area contributed by atoms with Gasteiger partial charge in [-0.2, -0.15) is 0 Å². The summed E-state index contributed by atoms with van der Waals surface area (Å²) in [5.74, 6) is -0.798. The number of cyclic esters (lactones) is 1. The van der Waals surface area contributed by atoms with E-state index in [1.54, 1.807) is 13.2 Å². The number of methoxy groups -OCH3 is 2. The number of hydrogen-bond acceptors (Lipinski definition) is 5. The van der Waals surface area contributed by atoms with Crippen LogP contribution in [0, 0.1) is 5.92 Å². The normalized spacial score (nSPS) is 20.5. The average Bonchev–Trinajstić information content (AvgIpc) is 2.59. The molecule has 0 saturated carbocycles. The van der Waals surface area contributed by atoms with Crippen molar-refractivity contribution in [2.45, 2.75) is 32.1 Å². The number of unbranched alkanes of at least 4 members (excludes halogenated alkanes) is 1. The predicted molar refractivity (Wildman–Crippen MR) is 84.9 cm³/mol. The van der Waals surface area contributed by atoms with Crippen LogP contribution in [0.5, 0.6) is 5.75 Å². The minimum atomic E-state index is -0.634. The van der Waals surface area contributed by atoms with Crippen molar-refractivity contribution < 1.29 is 23.8 Å². The average molecular weight is 318 g/mol. The largest absolute Gasteiger partial charge is 0.497 e. The van der Waals surface area contributed by atoms with Gasteiger partial charge in [0.1, 0.15) is 5.75 Å². The molecule has 0 radical (unpaired) electrons. The molecule has 0 bridgehead atoms. The molecular weight excluding hydrogens is 296 g/mol. The lowest BCUT2D eigenvalue weighted by atomic mass is 9.81. The third-order valence-electron chi connectivity index (χ3n) is 4.03. The number of rotatable bonds is 6. The van der Waals surface area contributed by atoms with E-state index in [4.69, 9.17) is 9.47 Å². The third-order valence-corrected chi connectivity index (χ3v) is 4.03. The van der Waals surface area contributed by atoms with Crippen LogP contribution in [0.3, 0.4) is 0 Å². The first-order valence-corrected chi connectivity index (χ1v) is 7.76. The monoisotopic (exact) mass is 318 g/mol. The van der Waals surface area contributed by atoms with Gasteiger partial charge in [0.25, 0.3) is 0 Å². The zero-order valence-electron chi connectivity index (χ0n) is 13.7. The van der Waals surface area contributed by atoms with Crippen molar-refractivity contribution in [3.63, 3.8) is 0 Å². The van der Waals surface area contributed by atoms with Gasteiger partial charge in [0.05, 0.1) is 20.1 Å². The highest BCUT2D eigenvalue weighted by Crippen LogP contribution is 2.36. The summed E-state index contributed by atoms with van der Waals surface area (Å²) in [5, 5.41) is 0. The van der Waals surface area contributed by atoms with Gasteiger partial charge in [-0.3, -0.25) is 4.79 Å². The van der Waals surface area contributed by atoms with Gasteiger partial charge in [-0.15, -0.1) is 0 Å². The van der Waals surface area contributed by atoms with E-state index >= 15 is 0 Å². The van der Waals surface area contributed by atoms with Gasteiger partial charge in [-0.1, -0.05) is 31.9 Å². The van der Waals surface area contributed by atoms with Gasteiger partial charge < -0.3 is 14.2 Å². The topological polar surface area (TPSA) is 61.8 Å². The van der Waals surface area contributed by atoms with Gasteiger partial charge in [0, 0.05) is 5.92 Å². The molecule has 0 saturated heterocycles. The number of carbonyl (C=O) groups is 2. The Hall–Kier alpha value is -2.30. The van der Waals surface area contributed by atoms with Crippen molar-refractivity contribution >= 4 is 11.9 Å². The Balaban J connectivity index is 2.36. The number of ether oxygens (including phenoxy) is 3. The molecule has 2 atom stereocenters. The SMILES string of the molecule is CCCC[C@@H]1C(=O)OC(C(=O)OC)=C[C@@H]1c1ccc(OC)cc1. The molecule has 1 aliphatic rings. The first kappa shape index (κ1) is 17.1. The predicted octanol–water partition coefficient (Wildman–Crippen LogP) is 3.20. The maximum absolute atomic E-state index is 12.3. The van der Waals surface area contributed by atoms with Crippen LogP contribution in [0.25, 0.3) is 0 Å². The third kappa shape index (κ3) is 3.92. The molecule has 2 rings (SSSR count). The Kier molecular flexibility index (Phi) is 5.79. The van der Waals surface area contributed by atoms with Crippen LogP contribution in [-0.4, -0.2) is 26.2 Å². The standard InChI is InChI=1S/C18H22O5/c1-4-5-6-14-15(12-7-9-13(21-2)10-8-12)11-16(18(20)22-3)23-17(14)19/h7-11,14-15H,4-6H2,1-3H3/t14-,15+/m0/s1. The van der Waals surface area contributed by atoms with E-state index in [0.29, 0.717) is 0 Å². The summed E-state index contributed by atoms with van der Waals surface area (Å²) in [6, 6.07) is 7.51. The van der Waals surface area contributed by atoms with Gasteiger partial charge in [-0.05, 0) is 30.2 Å². The van der Waals surface area contributed by atoms with E-state index in [1.807, 2.05) is 24.3 Å². The molecule has 0 fully saturated rings. The molecular formula is C18H22O5. The fourth-order valence-corrected chi connectivity index (χ4v) is 2.73. The summed E-state index contributed by atoms with van der Waals surface area (Å²) in [6.45, 7) is 2.08. The van der Waals surface area contributed by atoms with Crippen molar-refractivity contribution in [3.8, 4) is 5.75 Å². The van der Waals surface area contributed by atoms with Crippen molar-refractivity contribution in [1.82, 2.24) is 0 Å². The molecule has 0 aromatic heterocycles. The number of esters is 2. The van der Waals surface area contributed by atoms with Crippen LogP contribution >= 0.6 is 0 Å². The summed E-state index contributed by atoms with van der Waals surface area (Å²) in [5.41, 5.74) is 0.949. The lowest BCUT2D eigenvalue weighted by Crippen LogP contribution is -2.30. The lowest BCUT2D eigenvalue weighted by molar-refractivity contribution is -0.154. The first-order chi connectivity index (χ1) is 11.1. The Bertz CT molecular complexity index is 588. The Morgan fingerprint density at radius 2 is 1.91 bits per heavy atom. The molecule has 1 aromatic rings. The van der Waals surface area contributed by atoms with Gasteiger partial charge in [0.2, 0.25) is 5.76 Å². The Morgan fingerprint density at radius 3 is 2.48 bits per heavy atom. The van der Waals surface area contributed by atoms with Crippen molar-refractivity contribution in [3.05, 3.63) is 41.7 Å². The molecule has 5 nitrogen and oxygen atoms in total. The molecule has 1 heterocycles. The molecule has 0 aliphatic carbocycles. The highest BCUT2D eigenvalue weighted by atomic mass is 16.6. The van der Waals surface area contributed by atoms with Crippen molar-refractivity contribution in [2.75, 3.05) is 14.2 Å². The molecule has 0 unspecified atom stereocenters. The lowest BCUT2D eigenvalue weighted by Gasteiger charge is -2.28. The van der Waals surface area contributed by atoms with Gasteiger partial charge >= 0.3 is 11.9 Å². The highest BCUT2D eigenvalue weighted by Gasteiger charge is 2.36. The molecule has 0 spiro atoms. The zero-order valence-corrected chi connectivity index (χ0v) is 13.7. The number of carbonyl (C=O) groups excluding carboxylic acids is 2. The molecule has 23 heavy (non-hydrogen) atoms. The second-order valence-electron chi connectivity index (χ2n) is 5.49. The summed E-state index contributed by atoms with van der Waals surface area (Å²) >= 11 is 0. The maximum atomic E-state index is 12.3. The molecule has 0 N–H and O–H groups in total. The number of allylic oxidation sites excluding steroid dienone is 1. The fraction of sp³-hybridized carbons (Fsp3) is 0.444. The molecule has 124 valence electrons. The van der Waals surface area contributed by atoms with Gasteiger partial charge in [0.15, 0.2) is 0 Å². The van der Waals surface area contributed by atoms with Crippen LogP contribution in [0.15, 0.2) is 36.1 Å². The van der Waals surface area contributed by atoms with E-state index in [2.05, 4.69) is 11.7 Å². The second-order valence-corrected chi connectivity index (χ2v) is 5.49. The molecule has 1 aliphatic heterocycles.